The van der Waals surface area contributed by atoms with Gasteiger partial charge in [0.2, 0.25) is 0 Å². The molecule has 0 radical (unpaired) electrons. The van der Waals surface area contributed by atoms with Gasteiger partial charge < -0.3 is 29.4 Å². The van der Waals surface area contributed by atoms with E-state index in [1.807, 2.05) is 0 Å². The lowest BCUT2D eigenvalue weighted by atomic mass is 9.86. The zero-order chi connectivity index (χ0) is 61.9. The Labute approximate surface area is 561 Å². The second-order valence-corrected chi connectivity index (χ2v) is 31.9. The van der Waals surface area contributed by atoms with E-state index in [4.69, 9.17) is 0 Å². The van der Waals surface area contributed by atoms with E-state index >= 15 is 0 Å². The van der Waals surface area contributed by atoms with E-state index in [2.05, 4.69) is 151 Å². The molecule has 92 heavy (non-hydrogen) atoms. The van der Waals surface area contributed by atoms with Crippen molar-refractivity contribution >= 4 is 56.9 Å². The molecular formula is C86H124N6. The topological polar surface area (TPSA) is 19.4 Å². The zero-order valence-corrected chi connectivity index (χ0v) is 57.8. The quantitative estimate of drug-likeness (QED) is 0.0546. The normalized spacial score (nSPS) is 21.0. The third kappa shape index (κ3) is 18.3. The minimum Gasteiger partial charge on any atom is -0.371 e. The summed E-state index contributed by atoms with van der Waals surface area (Å²) in [5, 5.41) is 0. The van der Waals surface area contributed by atoms with E-state index in [1.54, 1.807) is 0 Å². The molecule has 8 saturated carbocycles. The molecule has 0 unspecified atom stereocenters. The Balaban J connectivity index is 0.843. The summed E-state index contributed by atoms with van der Waals surface area (Å²) in [7, 11) is 0. The average Bonchev–Trinajstić information content (AvgIpc) is 2.57. The van der Waals surface area contributed by atoms with Crippen LogP contribution in [0.1, 0.15) is 257 Å². The number of rotatable bonds is 26. The van der Waals surface area contributed by atoms with E-state index in [0.717, 1.165) is 47.3 Å². The van der Waals surface area contributed by atoms with Gasteiger partial charge in [-0.1, -0.05) is 154 Å². The van der Waals surface area contributed by atoms with Gasteiger partial charge in [-0.2, -0.15) is 0 Å². The standard InChI is InChI=1S/C86H124N6/c1-9-25-69(26-10-1)61-87(62-70-27-11-2-12-28-70)77-41-49-81(50-42-77)91(82-51-43-78(44-52-82)88(63-71-29-13-3-14-30-71)64-72-31-15-4-16-32-72)85-57-59-86(60-58-85)92(83-53-45-79(46-54-83)89(65-73-33-17-5-18-34-73)66-74-35-19-6-20-36-74)84-55-47-80(48-56-84)90(67-75-37-21-7-22-38-75)68-76-39-23-8-24-40-76/h41-60,69-76H,1-40,61-68H2. The molecule has 8 fully saturated rings. The smallest absolute Gasteiger partial charge is 0.0463 e. The number of hydrogen-bond acceptors (Lipinski definition) is 6. The maximum absolute atomic E-state index is 2.83. The van der Waals surface area contributed by atoms with Crippen LogP contribution in [0.3, 0.4) is 0 Å². The van der Waals surface area contributed by atoms with Crippen molar-refractivity contribution in [2.45, 2.75) is 257 Å². The summed E-state index contributed by atoms with van der Waals surface area (Å²) in [4.78, 5) is 16.5. The van der Waals surface area contributed by atoms with Crippen molar-refractivity contribution in [2.24, 2.45) is 47.3 Å². The van der Waals surface area contributed by atoms with Gasteiger partial charge in [0.25, 0.3) is 0 Å². The van der Waals surface area contributed by atoms with Crippen molar-refractivity contribution < 1.29 is 0 Å². The van der Waals surface area contributed by atoms with E-state index in [1.165, 1.54) is 366 Å². The molecule has 0 atom stereocenters. The Morgan fingerprint density at radius 2 is 0.261 bits per heavy atom. The first-order valence-electron chi connectivity index (χ1n) is 39.7. The Hall–Kier alpha value is -5.10. The van der Waals surface area contributed by atoms with Crippen LogP contribution in [-0.4, -0.2) is 52.4 Å². The summed E-state index contributed by atoms with van der Waals surface area (Å²) in [6.45, 7) is 9.67. The van der Waals surface area contributed by atoms with E-state index in [-0.39, 0.29) is 0 Å². The first-order chi connectivity index (χ1) is 45.6. The number of hydrogen-bond donors (Lipinski definition) is 0. The third-order valence-electron chi connectivity index (χ3n) is 24.9. The molecule has 5 aromatic carbocycles. The molecule has 0 saturated heterocycles. The zero-order valence-electron chi connectivity index (χ0n) is 57.8. The first kappa shape index (κ1) is 65.6. The monoisotopic (exact) mass is 1240 g/mol. The van der Waals surface area contributed by atoms with E-state index in [0.29, 0.717) is 0 Å². The summed E-state index contributed by atoms with van der Waals surface area (Å²) in [5.41, 5.74) is 13.1. The number of anilines is 10. The maximum Gasteiger partial charge on any atom is 0.0463 e. The van der Waals surface area contributed by atoms with Crippen molar-refractivity contribution in [1.82, 2.24) is 0 Å². The van der Waals surface area contributed by atoms with Crippen LogP contribution in [0.15, 0.2) is 121 Å². The lowest BCUT2D eigenvalue weighted by Crippen LogP contribution is -2.35. The van der Waals surface area contributed by atoms with Gasteiger partial charge in [0, 0.05) is 109 Å². The van der Waals surface area contributed by atoms with Crippen LogP contribution in [0.2, 0.25) is 0 Å². The van der Waals surface area contributed by atoms with Gasteiger partial charge in [0.15, 0.2) is 0 Å². The largest absolute Gasteiger partial charge is 0.371 e. The fourth-order valence-corrected chi connectivity index (χ4v) is 19.5. The molecule has 5 aromatic rings. The summed E-state index contributed by atoms with van der Waals surface area (Å²) >= 11 is 0. The van der Waals surface area contributed by atoms with Crippen molar-refractivity contribution in [2.75, 3.05) is 81.8 Å². The SMILES string of the molecule is c1cc(N(c2ccc(N(CC3CCCCC3)CC3CCCCC3)cc2)c2ccc(N(c3ccc(N(CC4CCCCC4)CC4CCCCC4)cc3)c3ccc(N(CC4CCCCC4)CC4CCCCC4)cc3)cc2)ccc1N(CC1CCCCC1)CC1CCCCC1. The van der Waals surface area contributed by atoms with Gasteiger partial charge in [-0.05, 0) is 271 Å². The van der Waals surface area contributed by atoms with Crippen molar-refractivity contribution in [1.29, 1.82) is 0 Å². The van der Waals surface area contributed by atoms with Crippen molar-refractivity contribution in [3.8, 4) is 0 Å². The molecule has 0 amide bonds. The molecule has 8 aliphatic rings. The van der Waals surface area contributed by atoms with Gasteiger partial charge >= 0.3 is 0 Å². The fourth-order valence-electron chi connectivity index (χ4n) is 19.5. The molecule has 0 heterocycles. The lowest BCUT2D eigenvalue weighted by Gasteiger charge is -2.36. The summed E-state index contributed by atoms with van der Waals surface area (Å²) in [6.07, 6.45) is 56.1. The van der Waals surface area contributed by atoms with E-state index < -0.39 is 0 Å². The fraction of sp³-hybridized carbons (Fsp3) is 0.651. The van der Waals surface area contributed by atoms with E-state index in [9.17, 15) is 0 Å². The number of benzene rings is 5. The van der Waals surface area contributed by atoms with Crippen LogP contribution >= 0.6 is 0 Å². The van der Waals surface area contributed by atoms with Gasteiger partial charge in [0.1, 0.15) is 0 Å². The molecule has 0 aromatic heterocycles. The second-order valence-electron chi connectivity index (χ2n) is 31.9. The molecule has 0 aliphatic heterocycles. The van der Waals surface area contributed by atoms with Crippen LogP contribution in [0.5, 0.6) is 0 Å². The molecule has 13 rings (SSSR count). The van der Waals surface area contributed by atoms with Crippen molar-refractivity contribution in [3.63, 3.8) is 0 Å². The molecule has 0 N–H and O–H groups in total. The Morgan fingerprint density at radius 3 is 0.380 bits per heavy atom. The summed E-state index contributed by atoms with van der Waals surface area (Å²) in [6, 6.07) is 49.5. The maximum atomic E-state index is 2.83. The molecule has 6 heteroatoms. The first-order valence-corrected chi connectivity index (χ1v) is 39.7. The van der Waals surface area contributed by atoms with Gasteiger partial charge in [-0.3, -0.25) is 0 Å². The van der Waals surface area contributed by atoms with Crippen molar-refractivity contribution in [3.05, 3.63) is 121 Å². The molecule has 0 bridgehead atoms. The van der Waals surface area contributed by atoms with Gasteiger partial charge in [-0.25, -0.2) is 0 Å². The molecule has 498 valence electrons. The number of nitrogens with zero attached hydrogens (tertiary/aromatic N) is 6. The highest BCUT2D eigenvalue weighted by atomic mass is 15.2. The lowest BCUT2D eigenvalue weighted by molar-refractivity contribution is 0.327. The average molecular weight is 1240 g/mol. The minimum atomic E-state index is 0.811. The Kier molecular flexibility index (Phi) is 24.2. The predicted octanol–water partition coefficient (Wildman–Crippen LogP) is 24.5. The van der Waals surface area contributed by atoms with Gasteiger partial charge in [-0.15, -0.1) is 0 Å². The highest BCUT2D eigenvalue weighted by Gasteiger charge is 2.29. The van der Waals surface area contributed by atoms with Crippen LogP contribution in [0, 0.1) is 47.3 Å². The molecule has 8 aliphatic carbocycles. The third-order valence-corrected chi connectivity index (χ3v) is 24.9. The summed E-state index contributed by atoms with van der Waals surface area (Å²) < 4.78 is 0. The van der Waals surface area contributed by atoms with Crippen LogP contribution in [-0.2, 0) is 0 Å². The molecule has 6 nitrogen and oxygen atoms in total. The Morgan fingerprint density at radius 1 is 0.152 bits per heavy atom. The highest BCUT2D eigenvalue weighted by Crippen LogP contribution is 2.44. The predicted molar refractivity (Wildman–Crippen MR) is 397 cm³/mol. The van der Waals surface area contributed by atoms with Gasteiger partial charge in [0.05, 0.1) is 0 Å². The minimum absolute atomic E-state index is 0.811. The van der Waals surface area contributed by atoms with Crippen LogP contribution in [0.25, 0.3) is 0 Å². The molecule has 0 spiro atoms. The highest BCUT2D eigenvalue weighted by molar-refractivity contribution is 5.83. The van der Waals surface area contributed by atoms with Crippen LogP contribution in [0.4, 0.5) is 56.9 Å². The second kappa shape index (κ2) is 34.0. The van der Waals surface area contributed by atoms with Crippen LogP contribution < -0.4 is 29.4 Å². The molecular weight excluding hydrogens is 1120 g/mol. The Bertz CT molecular complexity index is 2400. The summed E-state index contributed by atoms with van der Waals surface area (Å²) in [5.74, 6) is 6.49.